The van der Waals surface area contributed by atoms with Crippen LogP contribution < -0.4 is 0 Å². The van der Waals surface area contributed by atoms with E-state index in [4.69, 9.17) is 0 Å². The lowest BCUT2D eigenvalue weighted by Crippen LogP contribution is -2.35. The molecule has 1 N–H and O–H groups in total. The molecule has 3 heteroatoms. The summed E-state index contributed by atoms with van der Waals surface area (Å²) < 4.78 is 0. The molecule has 1 aliphatic carbocycles. The van der Waals surface area contributed by atoms with Crippen molar-refractivity contribution in [3.63, 3.8) is 0 Å². The van der Waals surface area contributed by atoms with Gasteiger partial charge in [0, 0.05) is 11.1 Å². The van der Waals surface area contributed by atoms with Gasteiger partial charge in [-0.3, -0.25) is 9.59 Å². The summed E-state index contributed by atoms with van der Waals surface area (Å²) in [6.45, 7) is 6.66. The summed E-state index contributed by atoms with van der Waals surface area (Å²) in [6, 6.07) is 0. The first kappa shape index (κ1) is 13.6. The Balaban J connectivity index is 3.42. The van der Waals surface area contributed by atoms with Crippen LogP contribution in [0.3, 0.4) is 0 Å². The SMILES string of the molecule is CC=CC(=O)C1=C(C=CC)C(=O)C(C)C1(C)O. The van der Waals surface area contributed by atoms with Crippen molar-refractivity contribution in [3.05, 3.63) is 35.5 Å². The minimum atomic E-state index is -1.39. The van der Waals surface area contributed by atoms with E-state index in [1.807, 2.05) is 0 Å². The molecular weight excluding hydrogens is 216 g/mol. The molecule has 0 aromatic heterocycles. The summed E-state index contributed by atoms with van der Waals surface area (Å²) in [5.41, 5.74) is -0.859. The predicted molar refractivity (Wildman–Crippen MR) is 66.5 cm³/mol. The second kappa shape index (κ2) is 4.80. The van der Waals surface area contributed by atoms with Gasteiger partial charge in [-0.15, -0.1) is 0 Å². The summed E-state index contributed by atoms with van der Waals surface area (Å²) in [7, 11) is 0. The molecule has 1 aliphatic rings. The molecule has 0 radical (unpaired) electrons. The second-order valence-electron chi connectivity index (χ2n) is 4.39. The lowest BCUT2D eigenvalue weighted by atomic mass is 9.87. The van der Waals surface area contributed by atoms with Crippen LogP contribution in [0.1, 0.15) is 27.7 Å². The van der Waals surface area contributed by atoms with Gasteiger partial charge in [-0.2, -0.15) is 0 Å². The van der Waals surface area contributed by atoms with E-state index in [2.05, 4.69) is 0 Å². The molecule has 0 fully saturated rings. The maximum atomic E-state index is 12.0. The van der Waals surface area contributed by atoms with Crippen molar-refractivity contribution in [3.8, 4) is 0 Å². The average molecular weight is 234 g/mol. The van der Waals surface area contributed by atoms with Crippen LogP contribution in [0.15, 0.2) is 35.5 Å². The van der Waals surface area contributed by atoms with Crippen LogP contribution in [0.4, 0.5) is 0 Å². The molecule has 0 aromatic carbocycles. The smallest absolute Gasteiger partial charge is 0.185 e. The quantitative estimate of drug-likeness (QED) is 0.760. The van der Waals surface area contributed by atoms with E-state index < -0.39 is 11.5 Å². The molecule has 2 atom stereocenters. The Morgan fingerprint density at radius 1 is 1.35 bits per heavy atom. The molecule has 0 spiro atoms. The topological polar surface area (TPSA) is 54.4 Å². The zero-order chi connectivity index (χ0) is 13.2. The van der Waals surface area contributed by atoms with E-state index in [1.165, 1.54) is 13.0 Å². The molecule has 17 heavy (non-hydrogen) atoms. The first-order chi connectivity index (χ1) is 7.87. The fourth-order valence-corrected chi connectivity index (χ4v) is 2.05. The highest BCUT2D eigenvalue weighted by Gasteiger charge is 2.48. The number of rotatable bonds is 3. The van der Waals surface area contributed by atoms with Crippen molar-refractivity contribution < 1.29 is 14.7 Å². The van der Waals surface area contributed by atoms with Crippen LogP contribution in [0, 0.1) is 5.92 Å². The Kier molecular flexibility index (Phi) is 3.83. The monoisotopic (exact) mass is 234 g/mol. The minimum Gasteiger partial charge on any atom is -0.385 e. The van der Waals surface area contributed by atoms with E-state index >= 15 is 0 Å². The molecule has 0 amide bonds. The summed E-state index contributed by atoms with van der Waals surface area (Å²) in [4.78, 5) is 23.9. The Hall–Kier alpha value is -1.48. The largest absolute Gasteiger partial charge is 0.385 e. The van der Waals surface area contributed by atoms with Gasteiger partial charge >= 0.3 is 0 Å². The van der Waals surface area contributed by atoms with E-state index in [0.717, 1.165) is 0 Å². The van der Waals surface area contributed by atoms with Gasteiger partial charge in [-0.1, -0.05) is 25.2 Å². The Labute approximate surface area is 102 Å². The minimum absolute atomic E-state index is 0.180. The lowest BCUT2D eigenvalue weighted by Gasteiger charge is -2.23. The molecule has 3 nitrogen and oxygen atoms in total. The van der Waals surface area contributed by atoms with Crippen molar-refractivity contribution in [1.82, 2.24) is 0 Å². The number of allylic oxidation sites excluding steroid dienone is 5. The molecule has 0 aliphatic heterocycles. The maximum absolute atomic E-state index is 12.0. The predicted octanol–water partition coefficient (Wildman–Crippen LogP) is 1.97. The van der Waals surface area contributed by atoms with Gasteiger partial charge in [0.1, 0.15) is 5.60 Å². The number of aliphatic hydroxyl groups is 1. The van der Waals surface area contributed by atoms with Gasteiger partial charge in [0.15, 0.2) is 11.6 Å². The molecule has 0 heterocycles. The standard InChI is InChI=1S/C14H18O3/c1-5-7-10-12(11(15)8-6-2)14(4,17)9(3)13(10)16/h5-9,17H,1-4H3. The zero-order valence-electron chi connectivity index (χ0n) is 10.7. The molecule has 2 unspecified atom stereocenters. The van der Waals surface area contributed by atoms with Crippen molar-refractivity contribution in [2.45, 2.75) is 33.3 Å². The molecular formula is C14H18O3. The summed E-state index contributed by atoms with van der Waals surface area (Å²) in [5.74, 6) is -1.07. The van der Waals surface area contributed by atoms with Gasteiger partial charge in [0.2, 0.25) is 0 Å². The highest BCUT2D eigenvalue weighted by molar-refractivity contribution is 6.17. The number of hydrogen-bond donors (Lipinski definition) is 1. The van der Waals surface area contributed by atoms with Gasteiger partial charge < -0.3 is 5.11 Å². The van der Waals surface area contributed by atoms with Crippen molar-refractivity contribution in [2.75, 3.05) is 0 Å². The highest BCUT2D eigenvalue weighted by atomic mass is 16.3. The maximum Gasteiger partial charge on any atom is 0.185 e. The third-order valence-corrected chi connectivity index (χ3v) is 3.18. The highest BCUT2D eigenvalue weighted by Crippen LogP contribution is 2.38. The molecule has 0 saturated carbocycles. The van der Waals surface area contributed by atoms with Crippen molar-refractivity contribution in [2.24, 2.45) is 5.92 Å². The third kappa shape index (κ3) is 2.15. The van der Waals surface area contributed by atoms with Crippen molar-refractivity contribution >= 4 is 11.6 Å². The van der Waals surface area contributed by atoms with Crippen LogP contribution >= 0.6 is 0 Å². The number of ketones is 2. The number of hydrogen-bond acceptors (Lipinski definition) is 3. The van der Waals surface area contributed by atoms with E-state index in [-0.39, 0.29) is 17.1 Å². The van der Waals surface area contributed by atoms with Crippen LogP contribution in [0.25, 0.3) is 0 Å². The van der Waals surface area contributed by atoms with Gasteiger partial charge in [-0.25, -0.2) is 0 Å². The second-order valence-corrected chi connectivity index (χ2v) is 4.39. The van der Waals surface area contributed by atoms with Gasteiger partial charge in [0.25, 0.3) is 0 Å². The van der Waals surface area contributed by atoms with Gasteiger partial charge in [-0.05, 0) is 26.8 Å². The number of carbonyl (C=O) groups excluding carboxylic acids is 2. The first-order valence-electron chi connectivity index (χ1n) is 5.69. The van der Waals surface area contributed by atoms with Crippen LogP contribution in [-0.4, -0.2) is 22.3 Å². The molecule has 0 aromatic rings. The molecule has 92 valence electrons. The van der Waals surface area contributed by atoms with Crippen LogP contribution in [-0.2, 0) is 9.59 Å². The number of Topliss-reactive ketones (excluding diaryl/α,β-unsaturated/α-hetero) is 1. The Morgan fingerprint density at radius 2 is 1.94 bits per heavy atom. The Bertz CT molecular complexity index is 436. The third-order valence-electron chi connectivity index (χ3n) is 3.18. The Morgan fingerprint density at radius 3 is 2.41 bits per heavy atom. The summed E-state index contributed by atoms with van der Waals surface area (Å²) >= 11 is 0. The van der Waals surface area contributed by atoms with Crippen molar-refractivity contribution in [1.29, 1.82) is 0 Å². The van der Waals surface area contributed by atoms with E-state index in [0.29, 0.717) is 5.57 Å². The number of carbonyl (C=O) groups is 2. The fourth-order valence-electron chi connectivity index (χ4n) is 2.05. The average Bonchev–Trinajstić information content (AvgIpc) is 2.41. The lowest BCUT2D eigenvalue weighted by molar-refractivity contribution is -0.122. The van der Waals surface area contributed by atoms with Crippen LogP contribution in [0.2, 0.25) is 0 Å². The molecule has 1 rings (SSSR count). The summed E-state index contributed by atoms with van der Waals surface area (Å²) in [6.07, 6.45) is 6.27. The molecule has 0 saturated heterocycles. The normalized spacial score (nSPS) is 29.9. The first-order valence-corrected chi connectivity index (χ1v) is 5.69. The van der Waals surface area contributed by atoms with E-state index in [9.17, 15) is 14.7 Å². The molecule has 0 bridgehead atoms. The van der Waals surface area contributed by atoms with Crippen LogP contribution in [0.5, 0.6) is 0 Å². The van der Waals surface area contributed by atoms with E-state index in [1.54, 1.807) is 39.0 Å². The summed E-state index contributed by atoms with van der Waals surface area (Å²) in [5, 5.41) is 10.3. The zero-order valence-corrected chi connectivity index (χ0v) is 10.7. The fraction of sp³-hybridized carbons (Fsp3) is 0.429. The van der Waals surface area contributed by atoms with Gasteiger partial charge in [0.05, 0.1) is 5.92 Å².